The van der Waals surface area contributed by atoms with Crippen LogP contribution in [-0.2, 0) is 11.3 Å². The number of halogens is 2. The standard InChI is InChI=1S/C22H26Cl2N4O4/c1-13-6-17(28(27-13)12-20(2,3)31)19(30)26-22-9-21(10-22,11-22)25-18(29)8-32-14-4-5-15(23)16(24)7-14/h4-7,31H,8-12H2,1-3H3,(H,25,29)(H,26,30). The van der Waals surface area contributed by atoms with Crippen LogP contribution in [0.3, 0.4) is 0 Å². The Labute approximate surface area is 196 Å². The van der Waals surface area contributed by atoms with Crippen molar-refractivity contribution in [3.63, 3.8) is 0 Å². The van der Waals surface area contributed by atoms with Gasteiger partial charge in [0.1, 0.15) is 11.4 Å². The minimum Gasteiger partial charge on any atom is -0.484 e. The van der Waals surface area contributed by atoms with E-state index in [0.717, 1.165) is 0 Å². The first-order chi connectivity index (χ1) is 14.9. The van der Waals surface area contributed by atoms with Gasteiger partial charge in [-0.05, 0) is 58.2 Å². The highest BCUT2D eigenvalue weighted by Crippen LogP contribution is 2.60. The first-order valence-corrected chi connectivity index (χ1v) is 11.1. The lowest BCUT2D eigenvalue weighted by Crippen LogP contribution is -2.84. The largest absolute Gasteiger partial charge is 0.484 e. The number of nitrogens with zero attached hydrogens (tertiary/aromatic N) is 2. The fraction of sp³-hybridized carbons (Fsp3) is 0.500. The number of benzene rings is 1. The van der Waals surface area contributed by atoms with Crippen molar-refractivity contribution in [3.05, 3.63) is 45.7 Å². The molecule has 0 atom stereocenters. The zero-order valence-electron chi connectivity index (χ0n) is 18.2. The highest BCUT2D eigenvalue weighted by molar-refractivity contribution is 6.42. The summed E-state index contributed by atoms with van der Waals surface area (Å²) in [7, 11) is 0. The molecule has 0 unspecified atom stereocenters. The second-order valence-corrected chi connectivity index (χ2v) is 10.4. The van der Waals surface area contributed by atoms with Gasteiger partial charge < -0.3 is 20.5 Å². The molecule has 0 radical (unpaired) electrons. The summed E-state index contributed by atoms with van der Waals surface area (Å²) in [6.07, 6.45) is 2.01. The predicted octanol–water partition coefficient (Wildman–Crippen LogP) is 2.87. The molecule has 8 nitrogen and oxygen atoms in total. The van der Waals surface area contributed by atoms with Crippen molar-refractivity contribution in [3.8, 4) is 5.75 Å². The Morgan fingerprint density at radius 1 is 1.16 bits per heavy atom. The maximum atomic E-state index is 12.9. The van der Waals surface area contributed by atoms with E-state index in [1.54, 1.807) is 38.1 Å². The average molecular weight is 481 g/mol. The molecule has 3 saturated carbocycles. The Kier molecular flexibility index (Phi) is 5.68. The van der Waals surface area contributed by atoms with E-state index in [1.807, 2.05) is 6.92 Å². The normalized spacial score (nSPS) is 23.7. The number of ether oxygens (including phenoxy) is 1. The molecule has 10 heteroatoms. The Hall–Kier alpha value is -2.29. The Morgan fingerprint density at radius 2 is 1.81 bits per heavy atom. The van der Waals surface area contributed by atoms with Gasteiger partial charge in [0, 0.05) is 17.1 Å². The van der Waals surface area contributed by atoms with Crippen LogP contribution in [-0.4, -0.2) is 50.0 Å². The molecular formula is C22H26Cl2N4O4. The molecular weight excluding hydrogens is 455 g/mol. The zero-order chi connectivity index (χ0) is 23.3. The number of rotatable bonds is 8. The molecule has 1 aromatic carbocycles. The number of carbonyl (C=O) groups is 2. The highest BCUT2D eigenvalue weighted by Gasteiger charge is 2.69. The monoisotopic (exact) mass is 480 g/mol. The molecule has 1 aromatic heterocycles. The molecule has 5 rings (SSSR count). The Morgan fingerprint density at radius 3 is 2.44 bits per heavy atom. The van der Waals surface area contributed by atoms with Crippen LogP contribution in [0.5, 0.6) is 5.75 Å². The van der Waals surface area contributed by atoms with E-state index >= 15 is 0 Å². The number of hydrogen-bond acceptors (Lipinski definition) is 5. The number of aromatic nitrogens is 2. The molecule has 172 valence electrons. The molecule has 2 bridgehead atoms. The fourth-order valence-electron chi connectivity index (χ4n) is 4.62. The molecule has 32 heavy (non-hydrogen) atoms. The van der Waals surface area contributed by atoms with E-state index < -0.39 is 5.60 Å². The van der Waals surface area contributed by atoms with Crippen molar-refractivity contribution in [1.29, 1.82) is 0 Å². The lowest BCUT2D eigenvalue weighted by Gasteiger charge is -2.70. The van der Waals surface area contributed by atoms with Gasteiger partial charge in [-0.3, -0.25) is 14.3 Å². The number of aryl methyl sites for hydroxylation is 1. The lowest BCUT2D eigenvalue weighted by atomic mass is 9.44. The number of amides is 2. The molecule has 2 amide bonds. The summed E-state index contributed by atoms with van der Waals surface area (Å²) in [5, 5.41) is 21.3. The van der Waals surface area contributed by atoms with Gasteiger partial charge in [-0.1, -0.05) is 23.2 Å². The topological polar surface area (TPSA) is 105 Å². The average Bonchev–Trinajstić information content (AvgIpc) is 2.98. The Bertz CT molecular complexity index is 1060. The van der Waals surface area contributed by atoms with E-state index in [4.69, 9.17) is 27.9 Å². The van der Waals surface area contributed by atoms with E-state index in [-0.39, 0.29) is 36.0 Å². The molecule has 0 spiro atoms. The number of aliphatic hydroxyl groups is 1. The summed E-state index contributed by atoms with van der Waals surface area (Å²) in [4.78, 5) is 25.2. The minimum atomic E-state index is -0.989. The van der Waals surface area contributed by atoms with Crippen molar-refractivity contribution >= 4 is 35.0 Å². The molecule has 2 aromatic rings. The molecule has 3 N–H and O–H groups in total. The molecule has 3 aliphatic carbocycles. The first-order valence-electron chi connectivity index (χ1n) is 10.4. The van der Waals surface area contributed by atoms with Crippen molar-refractivity contribution < 1.29 is 19.4 Å². The van der Waals surface area contributed by atoms with Crippen molar-refractivity contribution in [2.45, 2.75) is 63.3 Å². The quantitative estimate of drug-likeness (QED) is 0.538. The van der Waals surface area contributed by atoms with Crippen molar-refractivity contribution in [2.24, 2.45) is 0 Å². The summed E-state index contributed by atoms with van der Waals surface area (Å²) in [6, 6.07) is 6.54. The summed E-state index contributed by atoms with van der Waals surface area (Å²) in [5.74, 6) is 0.0147. The van der Waals surface area contributed by atoms with Crippen LogP contribution in [0.15, 0.2) is 24.3 Å². The van der Waals surface area contributed by atoms with Crippen molar-refractivity contribution in [2.75, 3.05) is 6.61 Å². The highest BCUT2D eigenvalue weighted by atomic mass is 35.5. The number of hydrogen-bond donors (Lipinski definition) is 3. The van der Waals surface area contributed by atoms with Crippen LogP contribution in [0, 0.1) is 6.92 Å². The van der Waals surface area contributed by atoms with Gasteiger partial charge in [-0.2, -0.15) is 5.10 Å². The van der Waals surface area contributed by atoms with Gasteiger partial charge in [0.2, 0.25) is 0 Å². The zero-order valence-corrected chi connectivity index (χ0v) is 19.7. The van der Waals surface area contributed by atoms with Gasteiger partial charge in [-0.25, -0.2) is 0 Å². The second kappa shape index (κ2) is 7.93. The smallest absolute Gasteiger partial charge is 0.269 e. The van der Waals surface area contributed by atoms with Gasteiger partial charge in [0.25, 0.3) is 11.8 Å². The van der Waals surface area contributed by atoms with Gasteiger partial charge in [0.15, 0.2) is 6.61 Å². The third-order valence-electron chi connectivity index (χ3n) is 5.75. The molecule has 0 saturated heterocycles. The summed E-state index contributed by atoms with van der Waals surface area (Å²) >= 11 is 11.8. The van der Waals surface area contributed by atoms with E-state index in [0.29, 0.717) is 46.4 Å². The third kappa shape index (κ3) is 4.72. The second-order valence-electron chi connectivity index (χ2n) is 9.60. The van der Waals surface area contributed by atoms with Crippen LogP contribution in [0.25, 0.3) is 0 Å². The van der Waals surface area contributed by atoms with E-state index in [1.165, 1.54) is 4.68 Å². The fourth-order valence-corrected chi connectivity index (χ4v) is 4.91. The third-order valence-corrected chi connectivity index (χ3v) is 6.49. The number of nitrogens with one attached hydrogen (secondary N) is 2. The SMILES string of the molecule is Cc1cc(C(=O)NC23CC(NC(=O)COc4ccc(Cl)c(Cl)c4)(C2)C3)n(CC(C)(C)O)n1. The van der Waals surface area contributed by atoms with Crippen LogP contribution < -0.4 is 15.4 Å². The molecule has 3 aliphatic rings. The van der Waals surface area contributed by atoms with Crippen LogP contribution in [0.1, 0.15) is 49.3 Å². The van der Waals surface area contributed by atoms with Crippen LogP contribution >= 0.6 is 23.2 Å². The summed E-state index contributed by atoms with van der Waals surface area (Å²) < 4.78 is 7.02. The predicted molar refractivity (Wildman–Crippen MR) is 120 cm³/mol. The number of carbonyl (C=O) groups excluding carboxylic acids is 2. The van der Waals surface area contributed by atoms with E-state index in [2.05, 4.69) is 15.7 Å². The van der Waals surface area contributed by atoms with E-state index in [9.17, 15) is 14.7 Å². The minimum absolute atomic E-state index is 0.130. The summed E-state index contributed by atoms with van der Waals surface area (Å²) in [6.45, 7) is 5.24. The van der Waals surface area contributed by atoms with Gasteiger partial charge >= 0.3 is 0 Å². The molecule has 1 heterocycles. The summed E-state index contributed by atoms with van der Waals surface area (Å²) in [5.41, 5.74) is -0.469. The Balaban J connectivity index is 1.27. The van der Waals surface area contributed by atoms with Crippen LogP contribution in [0.4, 0.5) is 0 Å². The lowest BCUT2D eigenvalue weighted by molar-refractivity contribution is -0.141. The van der Waals surface area contributed by atoms with Crippen LogP contribution in [0.2, 0.25) is 10.0 Å². The maximum Gasteiger partial charge on any atom is 0.269 e. The maximum absolute atomic E-state index is 12.9. The molecule has 3 fully saturated rings. The van der Waals surface area contributed by atoms with Gasteiger partial charge in [-0.15, -0.1) is 0 Å². The first kappa shape index (κ1) is 22.9. The van der Waals surface area contributed by atoms with Gasteiger partial charge in [0.05, 0.1) is 27.9 Å². The molecule has 0 aliphatic heterocycles. The van der Waals surface area contributed by atoms with Crippen molar-refractivity contribution in [1.82, 2.24) is 20.4 Å².